The third-order valence-electron chi connectivity index (χ3n) is 5.72. The highest BCUT2D eigenvalue weighted by atomic mass is 19.1. The van der Waals surface area contributed by atoms with Gasteiger partial charge in [-0.2, -0.15) is 0 Å². The maximum absolute atomic E-state index is 14.5. The number of aliphatic hydroxyl groups excluding tert-OH is 1. The van der Waals surface area contributed by atoms with Crippen LogP contribution in [0.3, 0.4) is 0 Å². The van der Waals surface area contributed by atoms with Crippen molar-refractivity contribution in [1.29, 1.82) is 0 Å². The van der Waals surface area contributed by atoms with Gasteiger partial charge in [-0.3, -0.25) is 4.79 Å². The molecule has 2 aromatic carbocycles. The number of nitrogens with two attached hydrogens (primary N) is 1. The predicted molar refractivity (Wildman–Crippen MR) is 119 cm³/mol. The number of methoxy groups -OCH3 is 1. The van der Waals surface area contributed by atoms with E-state index in [0.29, 0.717) is 24.2 Å². The van der Waals surface area contributed by atoms with Gasteiger partial charge in [0.25, 0.3) is 0 Å². The first-order valence-electron chi connectivity index (χ1n) is 10.5. The summed E-state index contributed by atoms with van der Waals surface area (Å²) < 4.78 is 33.7. The molecule has 0 unspecified atom stereocenters. The summed E-state index contributed by atoms with van der Waals surface area (Å²) in [5.41, 5.74) is 7.27. The molecule has 0 bridgehead atoms. The number of carbonyl (C=O) groups excluding carboxylic acids is 1. The number of aromatic nitrogens is 2. The normalized spacial score (nSPS) is 17.9. The van der Waals surface area contributed by atoms with Crippen LogP contribution in [0.4, 0.5) is 14.5 Å². The fourth-order valence-corrected chi connectivity index (χ4v) is 4.19. The van der Waals surface area contributed by atoms with E-state index in [-0.39, 0.29) is 53.7 Å². The van der Waals surface area contributed by atoms with Gasteiger partial charge in [-0.15, -0.1) is 0 Å². The molecule has 3 N–H and O–H groups in total. The lowest BCUT2D eigenvalue weighted by Gasteiger charge is -2.27. The van der Waals surface area contributed by atoms with Gasteiger partial charge in [0.15, 0.2) is 11.6 Å². The molecule has 9 heteroatoms. The van der Waals surface area contributed by atoms with E-state index in [2.05, 4.69) is 9.97 Å². The van der Waals surface area contributed by atoms with E-state index in [0.717, 1.165) is 0 Å². The standard InChI is InChI=1S/C24H24F2N4O3/c1-33-22-4-2-3-18(26)23(22)24-28-8-7-19(29-24)21(32)10-14-9-15(25)5-6-20(14)30-12-16(27)11-17(30)13-31/h2-9,16-17,31H,10-13,27H2,1H3/t16-,17-/m0/s1. The molecule has 4 rings (SSSR count). The van der Waals surface area contributed by atoms with Gasteiger partial charge in [-0.1, -0.05) is 6.07 Å². The zero-order valence-corrected chi connectivity index (χ0v) is 18.0. The van der Waals surface area contributed by atoms with Crippen LogP contribution in [0.5, 0.6) is 5.75 Å². The number of ketones is 1. The lowest BCUT2D eigenvalue weighted by Crippen LogP contribution is -2.33. The van der Waals surface area contributed by atoms with Crippen LogP contribution in [-0.2, 0) is 6.42 Å². The molecule has 1 fully saturated rings. The van der Waals surface area contributed by atoms with E-state index in [1.807, 2.05) is 4.90 Å². The van der Waals surface area contributed by atoms with Crippen molar-refractivity contribution in [1.82, 2.24) is 9.97 Å². The van der Waals surface area contributed by atoms with E-state index in [4.69, 9.17) is 10.5 Å². The molecule has 1 aliphatic heterocycles. The monoisotopic (exact) mass is 454 g/mol. The average molecular weight is 454 g/mol. The van der Waals surface area contributed by atoms with Crippen LogP contribution in [0.25, 0.3) is 11.4 Å². The number of benzene rings is 2. The van der Waals surface area contributed by atoms with Crippen molar-refractivity contribution in [2.24, 2.45) is 5.73 Å². The zero-order chi connectivity index (χ0) is 23.5. The van der Waals surface area contributed by atoms with E-state index in [9.17, 15) is 18.7 Å². The largest absolute Gasteiger partial charge is 0.496 e. The minimum atomic E-state index is -0.577. The van der Waals surface area contributed by atoms with E-state index in [1.54, 1.807) is 12.1 Å². The highest BCUT2D eigenvalue weighted by Gasteiger charge is 2.31. The zero-order valence-electron chi connectivity index (χ0n) is 18.0. The Morgan fingerprint density at radius 1 is 1.27 bits per heavy atom. The summed E-state index contributed by atoms with van der Waals surface area (Å²) >= 11 is 0. The van der Waals surface area contributed by atoms with Crippen LogP contribution >= 0.6 is 0 Å². The molecule has 33 heavy (non-hydrogen) atoms. The van der Waals surface area contributed by atoms with E-state index < -0.39 is 11.6 Å². The minimum Gasteiger partial charge on any atom is -0.496 e. The Labute approximate surface area is 189 Å². The van der Waals surface area contributed by atoms with Gasteiger partial charge in [0.2, 0.25) is 0 Å². The molecule has 1 aromatic heterocycles. The molecule has 3 aromatic rings. The molecule has 0 saturated carbocycles. The number of halogens is 2. The number of hydrogen-bond donors (Lipinski definition) is 2. The predicted octanol–water partition coefficient (Wildman–Crippen LogP) is 2.75. The van der Waals surface area contributed by atoms with Crippen LogP contribution in [0.15, 0.2) is 48.7 Å². The summed E-state index contributed by atoms with van der Waals surface area (Å²) in [6.45, 7) is 0.390. The number of aliphatic hydroxyl groups is 1. The van der Waals surface area contributed by atoms with Gasteiger partial charge in [0.1, 0.15) is 23.1 Å². The van der Waals surface area contributed by atoms with Gasteiger partial charge < -0.3 is 20.5 Å². The van der Waals surface area contributed by atoms with Crippen molar-refractivity contribution in [2.75, 3.05) is 25.2 Å². The third-order valence-corrected chi connectivity index (χ3v) is 5.72. The van der Waals surface area contributed by atoms with Crippen molar-refractivity contribution in [2.45, 2.75) is 24.9 Å². The first kappa shape index (κ1) is 22.8. The van der Waals surface area contributed by atoms with Gasteiger partial charge in [0.05, 0.1) is 25.3 Å². The molecule has 172 valence electrons. The highest BCUT2D eigenvalue weighted by molar-refractivity contribution is 5.97. The maximum Gasteiger partial charge on any atom is 0.185 e. The summed E-state index contributed by atoms with van der Waals surface area (Å²) in [6.07, 6.45) is 1.83. The third kappa shape index (κ3) is 4.69. The first-order valence-corrected chi connectivity index (χ1v) is 10.5. The molecule has 1 saturated heterocycles. The average Bonchev–Trinajstić information content (AvgIpc) is 3.19. The summed E-state index contributed by atoms with van der Waals surface area (Å²) in [6, 6.07) is 9.63. The molecule has 1 aliphatic rings. The molecular formula is C24H24F2N4O3. The van der Waals surface area contributed by atoms with Crippen LogP contribution < -0.4 is 15.4 Å². The van der Waals surface area contributed by atoms with Crippen molar-refractivity contribution < 1.29 is 23.4 Å². The number of anilines is 1. The summed E-state index contributed by atoms with van der Waals surface area (Å²) in [4.78, 5) is 23.4. The van der Waals surface area contributed by atoms with Crippen molar-refractivity contribution >= 4 is 11.5 Å². The van der Waals surface area contributed by atoms with Crippen molar-refractivity contribution in [3.8, 4) is 17.1 Å². The number of nitrogens with zero attached hydrogens (tertiary/aromatic N) is 3. The molecule has 2 heterocycles. The summed E-state index contributed by atoms with van der Waals surface area (Å²) in [5, 5.41) is 9.73. The number of Topliss-reactive ketones (excluding diaryl/α,β-unsaturated/α-hetero) is 1. The summed E-state index contributed by atoms with van der Waals surface area (Å²) in [5.74, 6) is -1.18. The van der Waals surface area contributed by atoms with E-state index >= 15 is 0 Å². The fraction of sp³-hybridized carbons (Fsp3) is 0.292. The van der Waals surface area contributed by atoms with Crippen LogP contribution in [0.1, 0.15) is 22.5 Å². The Balaban J connectivity index is 1.66. The van der Waals surface area contributed by atoms with Gasteiger partial charge >= 0.3 is 0 Å². The lowest BCUT2D eigenvalue weighted by molar-refractivity contribution is 0.0988. The number of rotatable bonds is 7. The Kier molecular flexibility index (Phi) is 6.62. The Bertz CT molecular complexity index is 1170. The topological polar surface area (TPSA) is 102 Å². The van der Waals surface area contributed by atoms with Crippen LogP contribution in [0.2, 0.25) is 0 Å². The van der Waals surface area contributed by atoms with Crippen molar-refractivity contribution in [3.05, 3.63) is 71.6 Å². The number of hydrogen-bond acceptors (Lipinski definition) is 7. The lowest BCUT2D eigenvalue weighted by atomic mass is 10.0. The molecule has 7 nitrogen and oxygen atoms in total. The van der Waals surface area contributed by atoms with Crippen LogP contribution in [-0.4, -0.2) is 53.2 Å². The van der Waals surface area contributed by atoms with Crippen LogP contribution in [0, 0.1) is 11.6 Å². The first-order chi connectivity index (χ1) is 15.9. The Morgan fingerprint density at radius 3 is 2.85 bits per heavy atom. The second kappa shape index (κ2) is 9.60. The second-order valence-electron chi connectivity index (χ2n) is 7.94. The summed E-state index contributed by atoms with van der Waals surface area (Å²) in [7, 11) is 1.41. The smallest absolute Gasteiger partial charge is 0.185 e. The fourth-order valence-electron chi connectivity index (χ4n) is 4.19. The quantitative estimate of drug-likeness (QED) is 0.530. The number of carbonyl (C=O) groups is 1. The molecule has 0 amide bonds. The molecular weight excluding hydrogens is 430 g/mol. The maximum atomic E-state index is 14.5. The van der Waals surface area contributed by atoms with Gasteiger partial charge in [-0.25, -0.2) is 18.7 Å². The number of ether oxygens (including phenoxy) is 1. The van der Waals surface area contributed by atoms with Gasteiger partial charge in [-0.05, 0) is 48.4 Å². The molecule has 0 spiro atoms. The SMILES string of the molecule is COc1cccc(F)c1-c1nccc(C(=O)Cc2cc(F)ccc2N2C[C@@H](N)C[C@H]2CO)n1. The molecule has 2 atom stereocenters. The molecule has 0 aliphatic carbocycles. The Morgan fingerprint density at radius 2 is 2.09 bits per heavy atom. The Hall–Kier alpha value is -3.43. The van der Waals surface area contributed by atoms with Crippen molar-refractivity contribution in [3.63, 3.8) is 0 Å². The highest BCUT2D eigenvalue weighted by Crippen LogP contribution is 2.31. The second-order valence-corrected chi connectivity index (χ2v) is 7.94. The van der Waals surface area contributed by atoms with Gasteiger partial charge in [0, 0.05) is 30.9 Å². The molecule has 0 radical (unpaired) electrons. The minimum absolute atomic E-state index is 0.0149. The van der Waals surface area contributed by atoms with E-state index in [1.165, 1.54) is 43.6 Å².